The van der Waals surface area contributed by atoms with Gasteiger partial charge in [0.25, 0.3) is 11.2 Å². The van der Waals surface area contributed by atoms with Crippen LogP contribution in [0.4, 0.5) is 5.69 Å². The van der Waals surface area contributed by atoms with Crippen molar-refractivity contribution in [2.75, 3.05) is 12.9 Å². The van der Waals surface area contributed by atoms with Gasteiger partial charge in [-0.2, -0.15) is 0 Å². The molecule has 0 unspecified atom stereocenters. The average molecular weight is 759 g/mol. The fraction of sp³-hybridized carbons (Fsp3) is 0.194. The second kappa shape index (κ2) is 13.6. The Morgan fingerprint density at radius 3 is 2.50 bits per heavy atom. The van der Waals surface area contributed by atoms with Crippen molar-refractivity contribution < 1.29 is 19.2 Å². The molecule has 2 heterocycles. The molecular weight excluding hydrogens is 734 g/mol. The van der Waals surface area contributed by atoms with Crippen LogP contribution in [0.3, 0.4) is 0 Å². The van der Waals surface area contributed by atoms with Crippen LogP contribution in [0.1, 0.15) is 36.6 Å². The van der Waals surface area contributed by atoms with E-state index >= 15 is 0 Å². The molecule has 3 aromatic carbocycles. The largest absolute Gasteiger partial charge is 0.487 e. The molecule has 0 spiro atoms. The maximum atomic E-state index is 14.1. The lowest BCUT2D eigenvalue weighted by Crippen LogP contribution is -2.39. The number of hydrogen-bond acceptors (Lipinski definition) is 9. The number of thiazole rings is 1. The smallest absolute Gasteiger partial charge is 0.338 e. The minimum Gasteiger partial charge on any atom is -0.487 e. The maximum Gasteiger partial charge on any atom is 0.338 e. The molecule has 0 saturated heterocycles. The van der Waals surface area contributed by atoms with Crippen LogP contribution in [0.15, 0.2) is 95.6 Å². The third-order valence-electron chi connectivity index (χ3n) is 6.80. The Morgan fingerprint density at radius 2 is 1.86 bits per heavy atom. The molecule has 4 aromatic rings. The summed E-state index contributed by atoms with van der Waals surface area (Å²) >= 11 is 9.91. The summed E-state index contributed by atoms with van der Waals surface area (Å²) in [7, 11) is 0. The molecule has 5 rings (SSSR count). The van der Waals surface area contributed by atoms with Crippen molar-refractivity contribution in [3.63, 3.8) is 0 Å². The Balaban J connectivity index is 1.60. The SMILES string of the molecule is CCOC(=O)C1=C(C)N=c2s/c(=C\c3cc(Br)cc(Br)c3OCc3ccc([N+](=O)[O-])cc3)c(=O)n2[C@@H]1c1ccc(SC)cc1. The summed E-state index contributed by atoms with van der Waals surface area (Å²) in [5.74, 6) is -0.0233. The summed E-state index contributed by atoms with van der Waals surface area (Å²) < 4.78 is 14.9. The third-order valence-corrected chi connectivity index (χ3v) is 9.58. The second-order valence-electron chi connectivity index (χ2n) is 9.59. The molecule has 0 N–H and O–H groups in total. The first kappa shape index (κ1) is 31.9. The predicted molar refractivity (Wildman–Crippen MR) is 178 cm³/mol. The van der Waals surface area contributed by atoms with Crippen molar-refractivity contribution in [2.24, 2.45) is 4.99 Å². The molecule has 1 aliphatic heterocycles. The Morgan fingerprint density at radius 1 is 1.16 bits per heavy atom. The Kier molecular flexibility index (Phi) is 9.88. The number of rotatable bonds is 9. The molecule has 0 fully saturated rings. The summed E-state index contributed by atoms with van der Waals surface area (Å²) in [5, 5.41) is 11.0. The number of hydrogen-bond donors (Lipinski definition) is 0. The van der Waals surface area contributed by atoms with Crippen molar-refractivity contribution in [2.45, 2.75) is 31.4 Å². The lowest BCUT2D eigenvalue weighted by molar-refractivity contribution is -0.384. The van der Waals surface area contributed by atoms with Crippen LogP contribution >= 0.6 is 55.0 Å². The average Bonchev–Trinajstić information content (AvgIpc) is 3.30. The molecule has 9 nitrogen and oxygen atoms in total. The number of non-ortho nitro benzene ring substituents is 1. The van der Waals surface area contributed by atoms with Crippen LogP contribution in [-0.2, 0) is 16.1 Å². The van der Waals surface area contributed by atoms with E-state index in [1.54, 1.807) is 48.4 Å². The molecule has 0 bridgehead atoms. The van der Waals surface area contributed by atoms with Crippen LogP contribution in [-0.4, -0.2) is 28.3 Å². The third kappa shape index (κ3) is 6.60. The zero-order valence-electron chi connectivity index (χ0n) is 23.7. The quantitative estimate of drug-likeness (QED) is 0.0826. The highest BCUT2D eigenvalue weighted by atomic mass is 79.9. The molecule has 226 valence electrons. The number of ether oxygens (including phenoxy) is 2. The zero-order chi connectivity index (χ0) is 31.5. The molecule has 0 aliphatic carbocycles. The number of aromatic nitrogens is 1. The lowest BCUT2D eigenvalue weighted by atomic mass is 9.96. The number of halogens is 2. The van der Waals surface area contributed by atoms with Crippen LogP contribution in [0.5, 0.6) is 5.75 Å². The van der Waals surface area contributed by atoms with E-state index in [-0.39, 0.29) is 24.5 Å². The van der Waals surface area contributed by atoms with E-state index in [1.807, 2.05) is 42.7 Å². The van der Waals surface area contributed by atoms with E-state index in [4.69, 9.17) is 9.47 Å². The van der Waals surface area contributed by atoms with E-state index in [9.17, 15) is 19.7 Å². The van der Waals surface area contributed by atoms with Gasteiger partial charge >= 0.3 is 5.97 Å². The first-order valence-corrected chi connectivity index (χ1v) is 16.9. The van der Waals surface area contributed by atoms with E-state index in [2.05, 4.69) is 36.9 Å². The zero-order valence-corrected chi connectivity index (χ0v) is 28.5. The highest BCUT2D eigenvalue weighted by molar-refractivity contribution is 9.11. The highest BCUT2D eigenvalue weighted by Crippen LogP contribution is 2.35. The fourth-order valence-corrected chi connectivity index (χ4v) is 7.56. The molecule has 1 atom stereocenters. The predicted octanol–water partition coefficient (Wildman–Crippen LogP) is 6.53. The lowest BCUT2D eigenvalue weighted by Gasteiger charge is -2.24. The van der Waals surface area contributed by atoms with Crippen molar-refractivity contribution in [3.8, 4) is 5.75 Å². The summed E-state index contributed by atoms with van der Waals surface area (Å²) in [6.07, 6.45) is 3.72. The van der Waals surface area contributed by atoms with Gasteiger partial charge in [-0.1, -0.05) is 39.4 Å². The number of fused-ring (bicyclic) bond motifs is 1. The van der Waals surface area contributed by atoms with Gasteiger partial charge in [-0.15, -0.1) is 11.8 Å². The molecular formula is C31H25Br2N3O6S2. The summed E-state index contributed by atoms with van der Waals surface area (Å²) in [5.41, 5.74) is 2.64. The molecule has 0 saturated carbocycles. The van der Waals surface area contributed by atoms with Gasteiger partial charge in [-0.05, 0) is 89.6 Å². The standard InChI is InChI=1S/C31H25Br2N3O6S2/c1-4-41-30(38)26-17(2)34-31-35(27(26)19-7-11-23(43-3)12-8-19)29(37)25(44-31)14-20-13-21(32)15-24(33)28(20)42-16-18-5-9-22(10-6-18)36(39)40/h5-15,27H,4,16H2,1-3H3/b25-14-/t27-/m1/s1. The van der Waals surface area contributed by atoms with Crippen LogP contribution < -0.4 is 19.6 Å². The van der Waals surface area contributed by atoms with Crippen LogP contribution in [0, 0.1) is 10.1 Å². The molecule has 0 radical (unpaired) electrons. The number of allylic oxidation sites excluding steroid dienone is 1. The number of nitrogens with zero attached hydrogens (tertiary/aromatic N) is 3. The van der Waals surface area contributed by atoms with Gasteiger partial charge in [-0.25, -0.2) is 9.79 Å². The topological polar surface area (TPSA) is 113 Å². The summed E-state index contributed by atoms with van der Waals surface area (Å²) in [6, 6.07) is 16.8. The van der Waals surface area contributed by atoms with Gasteiger partial charge in [-0.3, -0.25) is 19.5 Å². The fourth-order valence-electron chi connectivity index (χ4n) is 4.74. The number of nitro groups is 1. The second-order valence-corrected chi connectivity index (χ2v) is 13.3. The van der Waals surface area contributed by atoms with Gasteiger partial charge in [0.1, 0.15) is 12.4 Å². The van der Waals surface area contributed by atoms with E-state index in [0.717, 1.165) is 20.5 Å². The van der Waals surface area contributed by atoms with Crippen LogP contribution in [0.25, 0.3) is 6.08 Å². The number of benzene rings is 3. The molecule has 44 heavy (non-hydrogen) atoms. The number of nitro benzene ring substituents is 1. The van der Waals surface area contributed by atoms with Crippen molar-refractivity contribution >= 4 is 72.7 Å². The molecule has 0 amide bonds. The van der Waals surface area contributed by atoms with Gasteiger partial charge in [0.15, 0.2) is 4.80 Å². The number of carbonyl (C=O) groups excluding carboxylic acids is 1. The van der Waals surface area contributed by atoms with Crippen molar-refractivity contribution in [1.29, 1.82) is 0 Å². The Bertz CT molecular complexity index is 1970. The van der Waals surface area contributed by atoms with Crippen molar-refractivity contribution in [1.82, 2.24) is 4.57 Å². The number of esters is 1. The Hall–Kier alpha value is -3.52. The van der Waals surface area contributed by atoms with Gasteiger partial charge in [0, 0.05) is 27.1 Å². The number of carbonyl (C=O) groups is 1. The summed E-state index contributed by atoms with van der Waals surface area (Å²) in [4.78, 5) is 44.0. The molecule has 1 aromatic heterocycles. The summed E-state index contributed by atoms with van der Waals surface area (Å²) in [6.45, 7) is 3.83. The van der Waals surface area contributed by atoms with E-state index in [0.29, 0.717) is 36.4 Å². The first-order chi connectivity index (χ1) is 21.1. The van der Waals surface area contributed by atoms with Crippen LogP contribution in [0.2, 0.25) is 0 Å². The first-order valence-electron chi connectivity index (χ1n) is 13.3. The normalized spacial score (nSPS) is 14.7. The number of thioether (sulfide) groups is 1. The van der Waals surface area contributed by atoms with Crippen molar-refractivity contribution in [3.05, 3.63) is 127 Å². The Labute approximate surface area is 277 Å². The van der Waals surface area contributed by atoms with Gasteiger partial charge in [0.2, 0.25) is 0 Å². The van der Waals surface area contributed by atoms with E-state index in [1.165, 1.54) is 23.5 Å². The van der Waals surface area contributed by atoms with Gasteiger partial charge in [0.05, 0.1) is 37.8 Å². The maximum absolute atomic E-state index is 14.1. The van der Waals surface area contributed by atoms with Gasteiger partial charge < -0.3 is 9.47 Å². The monoisotopic (exact) mass is 757 g/mol. The minimum absolute atomic E-state index is 0.00510. The molecule has 1 aliphatic rings. The molecule has 13 heteroatoms. The minimum atomic E-state index is -0.713. The van der Waals surface area contributed by atoms with E-state index < -0.39 is 16.9 Å². The highest BCUT2D eigenvalue weighted by Gasteiger charge is 2.33.